The Balaban J connectivity index is 2.75. The summed E-state index contributed by atoms with van der Waals surface area (Å²) in [7, 11) is 0. The van der Waals surface area contributed by atoms with Crippen molar-refractivity contribution in [3.05, 3.63) is 18.7 Å². The molecule has 1 amide bonds. The van der Waals surface area contributed by atoms with E-state index in [2.05, 4.69) is 10.3 Å². The Morgan fingerprint density at radius 3 is 2.45 bits per heavy atom. The molecular weight excluding hydrogens is 258 g/mol. The molecule has 0 aliphatic carbocycles. The molecule has 0 spiro atoms. The summed E-state index contributed by atoms with van der Waals surface area (Å²) < 4.78 is 6.56. The van der Waals surface area contributed by atoms with Gasteiger partial charge in [0.25, 0.3) is 5.91 Å². The smallest absolute Gasteiger partial charge is 0.408 e. The molecule has 6 nitrogen and oxygen atoms in total. The molecule has 1 aromatic rings. The van der Waals surface area contributed by atoms with Gasteiger partial charge in [-0.05, 0) is 33.1 Å². The van der Waals surface area contributed by atoms with Crippen molar-refractivity contribution in [1.82, 2.24) is 14.9 Å². The van der Waals surface area contributed by atoms with Crippen LogP contribution in [0.3, 0.4) is 0 Å². The van der Waals surface area contributed by atoms with E-state index >= 15 is 0 Å². The third-order valence-electron chi connectivity index (χ3n) is 2.46. The van der Waals surface area contributed by atoms with Gasteiger partial charge in [-0.25, -0.2) is 9.78 Å². The number of nitrogens with zero attached hydrogens (tertiary/aromatic N) is 2. The fourth-order valence-corrected chi connectivity index (χ4v) is 1.71. The molecule has 0 saturated heterocycles. The molecule has 1 unspecified atom stereocenters. The number of hydrogen-bond acceptors (Lipinski definition) is 4. The maximum Gasteiger partial charge on any atom is 0.408 e. The fourth-order valence-electron chi connectivity index (χ4n) is 1.71. The summed E-state index contributed by atoms with van der Waals surface area (Å²) in [6.07, 6.45) is 4.46. The van der Waals surface area contributed by atoms with E-state index in [0.717, 1.165) is 0 Å². The van der Waals surface area contributed by atoms with E-state index in [4.69, 9.17) is 4.74 Å². The van der Waals surface area contributed by atoms with E-state index < -0.39 is 17.7 Å². The molecule has 1 heterocycles. The predicted octanol–water partition coefficient (Wildman–Crippen LogP) is 2.46. The summed E-state index contributed by atoms with van der Waals surface area (Å²) in [5.74, 6) is 0.0458. The molecule has 20 heavy (non-hydrogen) atoms. The minimum Gasteiger partial charge on any atom is -0.444 e. The number of aromatic nitrogens is 2. The second-order valence-electron chi connectivity index (χ2n) is 6.14. The average molecular weight is 281 g/mol. The van der Waals surface area contributed by atoms with Gasteiger partial charge >= 0.3 is 6.09 Å². The number of nitrogens with one attached hydrogen (secondary N) is 1. The number of carbonyl (C=O) groups excluding carboxylic acids is 2. The topological polar surface area (TPSA) is 73.2 Å². The van der Waals surface area contributed by atoms with Crippen molar-refractivity contribution >= 4 is 12.0 Å². The molecule has 0 bridgehead atoms. The molecule has 1 rings (SSSR count). The number of alkyl carbamates (subject to hydrolysis) is 1. The van der Waals surface area contributed by atoms with Crippen LogP contribution in [-0.2, 0) is 4.74 Å². The zero-order valence-electron chi connectivity index (χ0n) is 12.7. The Morgan fingerprint density at radius 1 is 1.35 bits per heavy atom. The summed E-state index contributed by atoms with van der Waals surface area (Å²) in [6.45, 7) is 9.32. The SMILES string of the molecule is CC(C)CC(NC(=O)OC(C)(C)C)C(=O)n1ccnc1. The standard InChI is InChI=1S/C14H23N3O3/c1-10(2)8-11(12(18)17-7-6-15-9-17)16-13(19)20-14(3,4)5/h6-7,9-11H,8H2,1-5H3,(H,16,19). The van der Waals surface area contributed by atoms with E-state index in [-0.39, 0.29) is 11.8 Å². The quantitative estimate of drug-likeness (QED) is 0.920. The minimum absolute atomic E-state index is 0.220. The van der Waals surface area contributed by atoms with Crippen LogP contribution in [0.15, 0.2) is 18.7 Å². The first-order valence-electron chi connectivity index (χ1n) is 6.70. The largest absolute Gasteiger partial charge is 0.444 e. The van der Waals surface area contributed by atoms with E-state index in [1.807, 2.05) is 13.8 Å². The van der Waals surface area contributed by atoms with Crippen LogP contribution in [0.5, 0.6) is 0 Å². The summed E-state index contributed by atoms with van der Waals surface area (Å²) in [5, 5.41) is 2.63. The van der Waals surface area contributed by atoms with E-state index in [1.54, 1.807) is 27.0 Å². The molecule has 0 aliphatic heterocycles. The molecule has 1 N–H and O–H groups in total. The molecule has 6 heteroatoms. The molecule has 1 aromatic heterocycles. The lowest BCUT2D eigenvalue weighted by atomic mass is 10.0. The molecule has 112 valence electrons. The van der Waals surface area contributed by atoms with Crippen molar-refractivity contribution in [3.8, 4) is 0 Å². The van der Waals surface area contributed by atoms with E-state index in [9.17, 15) is 9.59 Å². The Kier molecular flexibility index (Phi) is 5.30. The third-order valence-corrected chi connectivity index (χ3v) is 2.46. The molecular formula is C14H23N3O3. The van der Waals surface area contributed by atoms with Crippen molar-refractivity contribution < 1.29 is 14.3 Å². The lowest BCUT2D eigenvalue weighted by molar-refractivity contribution is 0.0475. The minimum atomic E-state index is -0.626. The van der Waals surface area contributed by atoms with Gasteiger partial charge in [-0.1, -0.05) is 13.8 Å². The van der Waals surface area contributed by atoms with Crippen LogP contribution in [0.2, 0.25) is 0 Å². The highest BCUT2D eigenvalue weighted by atomic mass is 16.6. The summed E-state index contributed by atoms with van der Waals surface area (Å²) in [5.41, 5.74) is -0.593. The highest BCUT2D eigenvalue weighted by molar-refractivity contribution is 5.87. The lowest BCUT2D eigenvalue weighted by Gasteiger charge is -2.24. The Hall–Kier alpha value is -1.85. The van der Waals surface area contributed by atoms with E-state index in [0.29, 0.717) is 6.42 Å². The Morgan fingerprint density at radius 2 is 2.00 bits per heavy atom. The predicted molar refractivity (Wildman–Crippen MR) is 75.5 cm³/mol. The lowest BCUT2D eigenvalue weighted by Crippen LogP contribution is -2.45. The van der Waals surface area contributed by atoms with Crippen molar-refractivity contribution in [1.29, 1.82) is 0 Å². The van der Waals surface area contributed by atoms with Crippen molar-refractivity contribution in [2.24, 2.45) is 5.92 Å². The second kappa shape index (κ2) is 6.54. The van der Waals surface area contributed by atoms with Gasteiger partial charge in [0.1, 0.15) is 18.0 Å². The number of hydrogen-bond donors (Lipinski definition) is 1. The van der Waals surface area contributed by atoms with Gasteiger partial charge in [-0.3, -0.25) is 9.36 Å². The molecule has 0 aliphatic rings. The normalized spacial score (nSPS) is 13.1. The first-order valence-corrected chi connectivity index (χ1v) is 6.70. The third kappa shape index (κ3) is 5.42. The summed E-state index contributed by atoms with van der Waals surface area (Å²) in [4.78, 5) is 28.0. The zero-order valence-corrected chi connectivity index (χ0v) is 12.7. The highest BCUT2D eigenvalue weighted by Crippen LogP contribution is 2.10. The first kappa shape index (κ1) is 16.2. The molecule has 0 radical (unpaired) electrons. The van der Waals surface area contributed by atoms with Gasteiger partial charge in [0, 0.05) is 12.4 Å². The monoisotopic (exact) mass is 281 g/mol. The van der Waals surface area contributed by atoms with Gasteiger partial charge in [0.15, 0.2) is 0 Å². The number of carbonyl (C=O) groups is 2. The second-order valence-corrected chi connectivity index (χ2v) is 6.14. The van der Waals surface area contributed by atoms with Gasteiger partial charge in [-0.15, -0.1) is 0 Å². The number of amides is 1. The fraction of sp³-hybridized carbons (Fsp3) is 0.643. The highest BCUT2D eigenvalue weighted by Gasteiger charge is 2.25. The Labute approximate surface area is 119 Å². The Bertz CT molecular complexity index is 447. The average Bonchev–Trinajstić information content (AvgIpc) is 2.76. The zero-order chi connectivity index (χ0) is 15.3. The molecule has 0 saturated carbocycles. The maximum absolute atomic E-state index is 12.3. The van der Waals surface area contributed by atoms with Crippen LogP contribution >= 0.6 is 0 Å². The first-order chi connectivity index (χ1) is 9.19. The van der Waals surface area contributed by atoms with Crippen LogP contribution in [0.4, 0.5) is 4.79 Å². The van der Waals surface area contributed by atoms with Gasteiger partial charge < -0.3 is 10.1 Å². The van der Waals surface area contributed by atoms with E-state index in [1.165, 1.54) is 17.1 Å². The number of imidazole rings is 1. The van der Waals surface area contributed by atoms with Gasteiger partial charge in [-0.2, -0.15) is 0 Å². The number of rotatable bonds is 4. The molecule has 0 aromatic carbocycles. The molecule has 0 fully saturated rings. The van der Waals surface area contributed by atoms with Crippen molar-refractivity contribution in [3.63, 3.8) is 0 Å². The van der Waals surface area contributed by atoms with Crippen LogP contribution in [-0.4, -0.2) is 33.2 Å². The van der Waals surface area contributed by atoms with Crippen LogP contribution in [0.1, 0.15) is 45.8 Å². The van der Waals surface area contributed by atoms with Crippen LogP contribution in [0, 0.1) is 5.92 Å². The maximum atomic E-state index is 12.3. The van der Waals surface area contributed by atoms with Crippen molar-refractivity contribution in [2.75, 3.05) is 0 Å². The summed E-state index contributed by atoms with van der Waals surface area (Å²) in [6, 6.07) is -0.626. The van der Waals surface area contributed by atoms with Crippen LogP contribution in [0.25, 0.3) is 0 Å². The summed E-state index contributed by atoms with van der Waals surface area (Å²) >= 11 is 0. The van der Waals surface area contributed by atoms with Crippen molar-refractivity contribution in [2.45, 2.75) is 52.7 Å². The van der Waals surface area contributed by atoms with Crippen LogP contribution < -0.4 is 5.32 Å². The van der Waals surface area contributed by atoms with Gasteiger partial charge in [0.2, 0.25) is 0 Å². The molecule has 1 atom stereocenters. The van der Waals surface area contributed by atoms with Gasteiger partial charge in [0.05, 0.1) is 0 Å². The number of ether oxygens (including phenoxy) is 1.